The molecular formula is C14H19N3O2. The zero-order chi connectivity index (χ0) is 13.8. The minimum absolute atomic E-state index is 0.140. The molecule has 1 aromatic heterocycles. The fourth-order valence-electron chi connectivity index (χ4n) is 1.98. The van der Waals surface area contributed by atoms with Crippen molar-refractivity contribution >= 4 is 22.5 Å². The van der Waals surface area contributed by atoms with Crippen LogP contribution in [0.4, 0.5) is 5.69 Å². The molecule has 0 radical (unpaired) electrons. The van der Waals surface area contributed by atoms with Crippen molar-refractivity contribution in [3.05, 3.63) is 30.0 Å². The van der Waals surface area contributed by atoms with Crippen LogP contribution in [0.15, 0.2) is 24.4 Å². The summed E-state index contributed by atoms with van der Waals surface area (Å²) < 4.78 is 0. The summed E-state index contributed by atoms with van der Waals surface area (Å²) in [6, 6.07) is 5.40. The second-order valence-corrected chi connectivity index (χ2v) is 4.61. The van der Waals surface area contributed by atoms with Gasteiger partial charge in [0.05, 0.1) is 11.7 Å². The number of nitrogens with two attached hydrogens (primary N) is 1. The van der Waals surface area contributed by atoms with Crippen molar-refractivity contribution in [2.45, 2.75) is 25.9 Å². The maximum Gasteiger partial charge on any atom is 0.253 e. The van der Waals surface area contributed by atoms with Crippen LogP contribution in [0, 0.1) is 0 Å². The van der Waals surface area contributed by atoms with Crippen molar-refractivity contribution in [1.82, 2.24) is 10.3 Å². The average Bonchev–Trinajstić information content (AvgIpc) is 2.81. The molecule has 1 amide bonds. The predicted molar refractivity (Wildman–Crippen MR) is 76.0 cm³/mol. The van der Waals surface area contributed by atoms with Gasteiger partial charge in [0.2, 0.25) is 0 Å². The second kappa shape index (κ2) is 5.75. The normalized spacial score (nSPS) is 12.5. The summed E-state index contributed by atoms with van der Waals surface area (Å²) in [7, 11) is 0. The van der Waals surface area contributed by atoms with E-state index in [1.165, 1.54) is 0 Å². The Kier molecular flexibility index (Phi) is 4.06. The highest BCUT2D eigenvalue weighted by Crippen LogP contribution is 2.20. The average molecular weight is 261 g/mol. The molecule has 0 aliphatic heterocycles. The molecule has 2 aromatic rings. The van der Waals surface area contributed by atoms with Gasteiger partial charge in [-0.1, -0.05) is 6.92 Å². The summed E-state index contributed by atoms with van der Waals surface area (Å²) >= 11 is 0. The molecule has 0 fully saturated rings. The lowest BCUT2D eigenvalue weighted by Crippen LogP contribution is -2.26. The summed E-state index contributed by atoms with van der Waals surface area (Å²) in [4.78, 5) is 15.1. The Morgan fingerprint density at radius 3 is 3.05 bits per heavy atom. The van der Waals surface area contributed by atoms with Gasteiger partial charge in [0.15, 0.2) is 0 Å². The highest BCUT2D eigenvalue weighted by Gasteiger charge is 2.12. The van der Waals surface area contributed by atoms with E-state index in [0.29, 0.717) is 30.6 Å². The Hall–Kier alpha value is -2.01. The monoisotopic (exact) mass is 261 g/mol. The number of H-pyrrole nitrogens is 1. The first-order valence-electron chi connectivity index (χ1n) is 6.44. The highest BCUT2D eigenvalue weighted by atomic mass is 16.3. The minimum atomic E-state index is -0.358. The molecule has 5 N–H and O–H groups in total. The topological polar surface area (TPSA) is 91.1 Å². The van der Waals surface area contributed by atoms with E-state index in [1.807, 2.05) is 13.0 Å². The van der Waals surface area contributed by atoms with E-state index >= 15 is 0 Å². The van der Waals surface area contributed by atoms with Gasteiger partial charge < -0.3 is 21.1 Å². The lowest BCUT2D eigenvalue weighted by Gasteiger charge is -2.08. The molecule has 102 valence electrons. The van der Waals surface area contributed by atoms with E-state index in [4.69, 9.17) is 5.73 Å². The number of amides is 1. The van der Waals surface area contributed by atoms with Crippen molar-refractivity contribution < 1.29 is 9.90 Å². The zero-order valence-electron chi connectivity index (χ0n) is 10.9. The maximum absolute atomic E-state index is 12.0. The first kappa shape index (κ1) is 13.4. The van der Waals surface area contributed by atoms with Gasteiger partial charge in [-0.25, -0.2) is 0 Å². The quantitative estimate of drug-likeness (QED) is 0.617. The molecule has 0 aliphatic carbocycles. The number of aliphatic hydroxyl groups excluding tert-OH is 1. The van der Waals surface area contributed by atoms with Crippen molar-refractivity contribution in [1.29, 1.82) is 0 Å². The number of aromatic amines is 1. The Morgan fingerprint density at radius 2 is 2.32 bits per heavy atom. The first-order chi connectivity index (χ1) is 9.11. The van der Waals surface area contributed by atoms with Gasteiger partial charge in [-0.05, 0) is 31.0 Å². The Labute approximate surface area is 111 Å². The van der Waals surface area contributed by atoms with Crippen LogP contribution in [0.1, 0.15) is 30.1 Å². The van der Waals surface area contributed by atoms with E-state index in [9.17, 15) is 9.90 Å². The van der Waals surface area contributed by atoms with Crippen molar-refractivity contribution in [3.8, 4) is 0 Å². The number of anilines is 1. The number of rotatable bonds is 5. The third-order valence-electron chi connectivity index (χ3n) is 3.18. The first-order valence-corrected chi connectivity index (χ1v) is 6.44. The van der Waals surface area contributed by atoms with E-state index in [2.05, 4.69) is 10.3 Å². The maximum atomic E-state index is 12.0. The molecule has 0 bridgehead atoms. The van der Waals surface area contributed by atoms with E-state index < -0.39 is 0 Å². The molecule has 5 nitrogen and oxygen atoms in total. The van der Waals surface area contributed by atoms with Crippen LogP contribution in [0.2, 0.25) is 0 Å². The smallest absolute Gasteiger partial charge is 0.253 e. The molecular weight excluding hydrogens is 242 g/mol. The van der Waals surface area contributed by atoms with Gasteiger partial charge >= 0.3 is 0 Å². The third-order valence-corrected chi connectivity index (χ3v) is 3.18. The molecule has 0 saturated heterocycles. The van der Waals surface area contributed by atoms with Crippen LogP contribution in [-0.4, -0.2) is 28.6 Å². The number of hydrogen-bond acceptors (Lipinski definition) is 3. The fraction of sp³-hybridized carbons (Fsp3) is 0.357. The highest BCUT2D eigenvalue weighted by molar-refractivity contribution is 6.07. The number of aromatic nitrogens is 1. The fourth-order valence-corrected chi connectivity index (χ4v) is 1.98. The minimum Gasteiger partial charge on any atom is -0.399 e. The lowest BCUT2D eigenvalue weighted by atomic mass is 10.1. The molecule has 0 saturated carbocycles. The Balaban J connectivity index is 2.05. The molecule has 1 atom stereocenters. The Morgan fingerprint density at radius 1 is 1.53 bits per heavy atom. The van der Waals surface area contributed by atoms with E-state index in [-0.39, 0.29) is 12.0 Å². The van der Waals surface area contributed by atoms with E-state index in [0.717, 1.165) is 10.9 Å². The number of benzene rings is 1. The largest absolute Gasteiger partial charge is 0.399 e. The lowest BCUT2D eigenvalue weighted by molar-refractivity contribution is 0.0943. The van der Waals surface area contributed by atoms with Crippen LogP contribution in [0.25, 0.3) is 10.9 Å². The second-order valence-electron chi connectivity index (χ2n) is 4.61. The van der Waals surface area contributed by atoms with Crippen LogP contribution in [-0.2, 0) is 0 Å². The van der Waals surface area contributed by atoms with Gasteiger partial charge in [0, 0.05) is 29.3 Å². The number of aliphatic hydroxyl groups is 1. The van der Waals surface area contributed by atoms with Gasteiger partial charge in [-0.3, -0.25) is 4.79 Å². The number of carbonyl (C=O) groups excluding carboxylic acids is 1. The number of hydrogen-bond donors (Lipinski definition) is 4. The zero-order valence-corrected chi connectivity index (χ0v) is 10.9. The summed E-state index contributed by atoms with van der Waals surface area (Å²) in [6.45, 7) is 2.38. The van der Waals surface area contributed by atoms with Gasteiger partial charge in [-0.15, -0.1) is 0 Å². The summed E-state index contributed by atoms with van der Waals surface area (Å²) in [5.74, 6) is -0.140. The number of carbonyl (C=O) groups is 1. The molecule has 1 aromatic carbocycles. The van der Waals surface area contributed by atoms with Crippen LogP contribution in [0.5, 0.6) is 0 Å². The molecule has 0 spiro atoms. The summed E-state index contributed by atoms with van der Waals surface area (Å²) in [6.07, 6.45) is 2.58. The number of nitrogen functional groups attached to an aromatic ring is 1. The van der Waals surface area contributed by atoms with Crippen molar-refractivity contribution in [2.24, 2.45) is 0 Å². The van der Waals surface area contributed by atoms with E-state index in [1.54, 1.807) is 18.3 Å². The van der Waals surface area contributed by atoms with Crippen LogP contribution < -0.4 is 11.1 Å². The standard InChI is InChI=1S/C14H19N3O2/c1-2-10(18)5-6-16-14(19)12-8-17-13-7-9(15)3-4-11(12)13/h3-4,7-8,10,17-18H,2,5-6,15H2,1H3,(H,16,19). The summed E-state index contributed by atoms with van der Waals surface area (Å²) in [5.41, 5.74) is 7.79. The van der Waals surface area contributed by atoms with Crippen LogP contribution in [0.3, 0.4) is 0 Å². The number of nitrogens with one attached hydrogen (secondary N) is 2. The van der Waals surface area contributed by atoms with Gasteiger partial charge in [-0.2, -0.15) is 0 Å². The molecule has 2 rings (SSSR count). The number of fused-ring (bicyclic) bond motifs is 1. The molecule has 1 unspecified atom stereocenters. The Bertz CT molecular complexity index is 577. The van der Waals surface area contributed by atoms with Crippen LogP contribution >= 0.6 is 0 Å². The predicted octanol–water partition coefficient (Wildman–Crippen LogP) is 1.64. The summed E-state index contributed by atoms with van der Waals surface area (Å²) in [5, 5.41) is 13.1. The van der Waals surface area contributed by atoms with Crippen molar-refractivity contribution in [2.75, 3.05) is 12.3 Å². The molecule has 0 aliphatic rings. The van der Waals surface area contributed by atoms with Gasteiger partial charge in [0.1, 0.15) is 0 Å². The van der Waals surface area contributed by atoms with Crippen molar-refractivity contribution in [3.63, 3.8) is 0 Å². The SMILES string of the molecule is CCC(O)CCNC(=O)c1c[nH]c2cc(N)ccc12. The molecule has 1 heterocycles. The third kappa shape index (κ3) is 3.06. The molecule has 19 heavy (non-hydrogen) atoms. The van der Waals surface area contributed by atoms with Gasteiger partial charge in [0.25, 0.3) is 5.91 Å². The molecule has 5 heteroatoms.